The van der Waals surface area contributed by atoms with Gasteiger partial charge < -0.3 is 5.32 Å². The fourth-order valence-corrected chi connectivity index (χ4v) is 4.15. The molecule has 2 amide bonds. The molecule has 8 heteroatoms. The highest BCUT2D eigenvalue weighted by molar-refractivity contribution is 8.26. The second kappa shape index (κ2) is 10.5. The number of anilines is 1. The molecule has 0 aromatic heterocycles. The molecule has 0 unspecified atom stereocenters. The van der Waals surface area contributed by atoms with Crippen LogP contribution in [-0.4, -0.2) is 27.6 Å². The van der Waals surface area contributed by atoms with E-state index >= 15 is 0 Å². The van der Waals surface area contributed by atoms with Crippen LogP contribution in [0.4, 0.5) is 10.1 Å². The molecule has 1 fully saturated rings. The van der Waals surface area contributed by atoms with Crippen LogP contribution in [0.5, 0.6) is 0 Å². The highest BCUT2D eigenvalue weighted by Gasteiger charge is 2.31. The number of nitrogens with zero attached hydrogens (tertiary/aromatic N) is 1. The summed E-state index contributed by atoms with van der Waals surface area (Å²) in [7, 11) is 0. The molecule has 0 radical (unpaired) electrons. The molecular formula is C22H18ClFN2O2S2. The number of halogens is 2. The molecule has 3 rings (SSSR count). The third kappa shape index (κ3) is 6.01. The summed E-state index contributed by atoms with van der Waals surface area (Å²) in [5, 5.41) is 2.60. The van der Waals surface area contributed by atoms with Gasteiger partial charge in [0, 0.05) is 18.7 Å². The second-order valence-electron chi connectivity index (χ2n) is 6.41. The third-order valence-corrected chi connectivity index (χ3v) is 5.88. The first-order valence-corrected chi connectivity index (χ1v) is 10.8. The van der Waals surface area contributed by atoms with Crippen molar-refractivity contribution in [2.45, 2.75) is 12.8 Å². The highest BCUT2D eigenvalue weighted by atomic mass is 35.5. The lowest BCUT2D eigenvalue weighted by Gasteiger charge is -2.14. The molecule has 0 saturated carbocycles. The Morgan fingerprint density at radius 1 is 1.23 bits per heavy atom. The molecule has 30 heavy (non-hydrogen) atoms. The Kier molecular flexibility index (Phi) is 7.79. The van der Waals surface area contributed by atoms with Crippen LogP contribution < -0.4 is 5.32 Å². The zero-order valence-electron chi connectivity index (χ0n) is 15.8. The Labute approximate surface area is 188 Å². The van der Waals surface area contributed by atoms with E-state index in [0.29, 0.717) is 27.9 Å². The van der Waals surface area contributed by atoms with Gasteiger partial charge in [-0.1, -0.05) is 78.1 Å². The summed E-state index contributed by atoms with van der Waals surface area (Å²) < 4.78 is 13.7. The average molecular weight is 461 g/mol. The van der Waals surface area contributed by atoms with E-state index in [1.54, 1.807) is 6.08 Å². The number of carbonyl (C=O) groups is 2. The Morgan fingerprint density at radius 3 is 2.73 bits per heavy atom. The van der Waals surface area contributed by atoms with E-state index in [1.165, 1.54) is 34.9 Å². The molecule has 0 spiro atoms. The lowest BCUT2D eigenvalue weighted by Crippen LogP contribution is -2.29. The Hall–Kier alpha value is -2.48. The van der Waals surface area contributed by atoms with Crippen molar-refractivity contribution in [1.82, 2.24) is 4.90 Å². The van der Waals surface area contributed by atoms with E-state index in [1.807, 2.05) is 42.5 Å². The van der Waals surface area contributed by atoms with Crippen molar-refractivity contribution in [1.29, 1.82) is 0 Å². The number of nitrogens with one attached hydrogen (secondary N) is 1. The predicted molar refractivity (Wildman–Crippen MR) is 125 cm³/mol. The molecule has 2 aromatic rings. The molecule has 1 N–H and O–H groups in total. The van der Waals surface area contributed by atoms with Crippen LogP contribution in [0.3, 0.4) is 0 Å². The molecule has 1 aliphatic rings. The first kappa shape index (κ1) is 22.2. The van der Waals surface area contributed by atoms with Crippen LogP contribution in [0.2, 0.25) is 5.02 Å². The molecule has 154 valence electrons. The lowest BCUT2D eigenvalue weighted by molar-refractivity contribution is -0.122. The number of carbonyl (C=O) groups excluding carboxylic acids is 2. The summed E-state index contributed by atoms with van der Waals surface area (Å²) in [6.07, 6.45) is 6.12. The van der Waals surface area contributed by atoms with Gasteiger partial charge >= 0.3 is 0 Å². The van der Waals surface area contributed by atoms with E-state index in [4.69, 9.17) is 23.8 Å². The van der Waals surface area contributed by atoms with Gasteiger partial charge in [0.05, 0.1) is 9.93 Å². The fourth-order valence-electron chi connectivity index (χ4n) is 2.71. The molecule has 0 aliphatic carbocycles. The van der Waals surface area contributed by atoms with Crippen LogP contribution in [0.1, 0.15) is 18.4 Å². The van der Waals surface area contributed by atoms with Crippen molar-refractivity contribution in [2.24, 2.45) is 0 Å². The summed E-state index contributed by atoms with van der Waals surface area (Å²) in [5.41, 5.74) is 1.46. The van der Waals surface area contributed by atoms with E-state index in [-0.39, 0.29) is 23.3 Å². The van der Waals surface area contributed by atoms with Crippen molar-refractivity contribution in [3.8, 4) is 0 Å². The van der Waals surface area contributed by atoms with Crippen LogP contribution >= 0.6 is 35.6 Å². The van der Waals surface area contributed by atoms with Crippen molar-refractivity contribution in [3.63, 3.8) is 0 Å². The van der Waals surface area contributed by atoms with Gasteiger partial charge in [-0.15, -0.1) is 0 Å². The molecule has 0 bridgehead atoms. The highest BCUT2D eigenvalue weighted by Crippen LogP contribution is 2.31. The molecule has 2 aromatic carbocycles. The van der Waals surface area contributed by atoms with Gasteiger partial charge in [0.1, 0.15) is 10.1 Å². The maximum Gasteiger partial charge on any atom is 0.266 e. The maximum absolute atomic E-state index is 13.2. The van der Waals surface area contributed by atoms with Gasteiger partial charge in [-0.25, -0.2) is 4.39 Å². The largest absolute Gasteiger partial charge is 0.326 e. The lowest BCUT2D eigenvalue weighted by atomic mass is 10.2. The van der Waals surface area contributed by atoms with Crippen molar-refractivity contribution in [2.75, 3.05) is 11.9 Å². The van der Waals surface area contributed by atoms with Crippen LogP contribution in [0.15, 0.2) is 65.6 Å². The van der Waals surface area contributed by atoms with E-state index < -0.39 is 5.82 Å². The minimum Gasteiger partial charge on any atom is -0.326 e. The molecule has 0 atom stereocenters. The van der Waals surface area contributed by atoms with Crippen molar-refractivity contribution < 1.29 is 14.0 Å². The Bertz CT molecular complexity index is 1030. The standard InChI is InChI=1S/C22H18ClFN2O2S2/c23-17-14-16(11-12-18(17)24)25-20(27)10-5-13-26-21(28)19(30-22(26)29)9-4-8-15-6-2-1-3-7-15/h1-4,6-9,11-12,14H,5,10,13H2,(H,25,27)/b8-4+,19-9-. The first-order valence-electron chi connectivity index (χ1n) is 9.16. The monoisotopic (exact) mass is 460 g/mol. The summed E-state index contributed by atoms with van der Waals surface area (Å²) in [6, 6.07) is 13.8. The molecule has 1 saturated heterocycles. The zero-order valence-corrected chi connectivity index (χ0v) is 18.2. The quantitative estimate of drug-likeness (QED) is 0.428. The molecule has 4 nitrogen and oxygen atoms in total. The third-order valence-electron chi connectivity index (χ3n) is 4.20. The second-order valence-corrected chi connectivity index (χ2v) is 8.49. The fraction of sp³-hybridized carbons (Fsp3) is 0.136. The summed E-state index contributed by atoms with van der Waals surface area (Å²) >= 11 is 12.3. The van der Waals surface area contributed by atoms with Gasteiger partial charge in [-0.3, -0.25) is 14.5 Å². The van der Waals surface area contributed by atoms with Crippen molar-refractivity contribution >= 4 is 63.5 Å². The number of allylic oxidation sites excluding steroid dienone is 2. The average Bonchev–Trinajstić information content (AvgIpc) is 2.99. The van der Waals surface area contributed by atoms with E-state index in [2.05, 4.69) is 5.32 Å². The molecule has 1 heterocycles. The number of thioether (sulfide) groups is 1. The maximum atomic E-state index is 13.2. The summed E-state index contributed by atoms with van der Waals surface area (Å²) in [4.78, 5) is 26.7. The number of amides is 2. The van der Waals surface area contributed by atoms with E-state index in [9.17, 15) is 14.0 Å². The van der Waals surface area contributed by atoms with Crippen LogP contribution in [0, 0.1) is 5.82 Å². The normalized spacial score (nSPS) is 15.4. The van der Waals surface area contributed by atoms with Gasteiger partial charge in [-0.05, 0) is 36.3 Å². The van der Waals surface area contributed by atoms with Crippen molar-refractivity contribution in [3.05, 3.63) is 82.0 Å². The van der Waals surface area contributed by atoms with Gasteiger partial charge in [-0.2, -0.15) is 0 Å². The van der Waals surface area contributed by atoms with Gasteiger partial charge in [0.15, 0.2) is 0 Å². The van der Waals surface area contributed by atoms with Crippen LogP contribution in [-0.2, 0) is 9.59 Å². The van der Waals surface area contributed by atoms with E-state index in [0.717, 1.165) is 5.56 Å². The molecular weight excluding hydrogens is 443 g/mol. The predicted octanol–water partition coefficient (Wildman–Crippen LogP) is 5.66. The Balaban J connectivity index is 1.49. The van der Waals surface area contributed by atoms with Gasteiger partial charge in [0.2, 0.25) is 5.91 Å². The van der Waals surface area contributed by atoms with Gasteiger partial charge in [0.25, 0.3) is 5.91 Å². The number of thiocarbonyl (C=S) groups is 1. The first-order chi connectivity index (χ1) is 14.4. The zero-order chi connectivity index (χ0) is 21.5. The number of hydrogen-bond donors (Lipinski definition) is 1. The summed E-state index contributed by atoms with van der Waals surface area (Å²) in [6.45, 7) is 0.349. The Morgan fingerprint density at radius 2 is 2.00 bits per heavy atom. The number of hydrogen-bond acceptors (Lipinski definition) is 4. The minimum absolute atomic E-state index is 0.0570. The smallest absolute Gasteiger partial charge is 0.266 e. The topological polar surface area (TPSA) is 49.4 Å². The molecule has 1 aliphatic heterocycles. The number of rotatable bonds is 7. The van der Waals surface area contributed by atoms with Crippen LogP contribution in [0.25, 0.3) is 6.08 Å². The summed E-state index contributed by atoms with van der Waals surface area (Å²) in [5.74, 6) is -0.950. The minimum atomic E-state index is -0.546. The number of benzene rings is 2. The SMILES string of the molecule is O=C(CCCN1C(=O)/C(=C/C=C/c2ccccc2)SC1=S)Nc1ccc(F)c(Cl)c1.